The lowest BCUT2D eigenvalue weighted by atomic mass is 10.1. The smallest absolute Gasteiger partial charge is 0.114 e. The molecule has 90 valence electrons. The molecule has 0 saturated carbocycles. The van der Waals surface area contributed by atoms with E-state index in [2.05, 4.69) is 29.6 Å². The Morgan fingerprint density at radius 2 is 2.00 bits per heavy atom. The Hall–Kier alpha value is -1.19. The predicted octanol–water partition coefficient (Wildman–Crippen LogP) is 3.64. The summed E-state index contributed by atoms with van der Waals surface area (Å²) >= 11 is 1.82. The lowest BCUT2D eigenvalue weighted by Gasteiger charge is -2.15. The van der Waals surface area contributed by atoms with Crippen LogP contribution >= 0.6 is 11.8 Å². The summed E-state index contributed by atoms with van der Waals surface area (Å²) in [6.07, 6.45) is 1.74. The van der Waals surface area contributed by atoms with Crippen LogP contribution in [0, 0.1) is 6.92 Å². The summed E-state index contributed by atoms with van der Waals surface area (Å²) in [7, 11) is 2.00. The number of furan rings is 1. The molecule has 1 atom stereocenters. The molecule has 0 aliphatic carbocycles. The molecule has 0 radical (unpaired) electrons. The number of hydrogen-bond donors (Lipinski definition) is 1. The van der Waals surface area contributed by atoms with Gasteiger partial charge in [0.1, 0.15) is 5.76 Å². The molecule has 1 aromatic carbocycles. The van der Waals surface area contributed by atoms with Crippen LogP contribution in [0.15, 0.2) is 52.0 Å². The van der Waals surface area contributed by atoms with E-state index < -0.39 is 0 Å². The third-order valence-electron chi connectivity index (χ3n) is 2.77. The number of hydrogen-bond acceptors (Lipinski definition) is 3. The fourth-order valence-electron chi connectivity index (χ4n) is 1.73. The summed E-state index contributed by atoms with van der Waals surface area (Å²) in [6, 6.07) is 12.9. The first-order chi connectivity index (χ1) is 8.31. The van der Waals surface area contributed by atoms with Gasteiger partial charge in [-0.3, -0.25) is 0 Å². The number of nitrogens with one attached hydrogen (secondary N) is 1. The van der Waals surface area contributed by atoms with E-state index in [1.807, 2.05) is 37.9 Å². The summed E-state index contributed by atoms with van der Waals surface area (Å²) in [5, 5.41) is 3.35. The van der Waals surface area contributed by atoms with Crippen LogP contribution in [0.4, 0.5) is 0 Å². The van der Waals surface area contributed by atoms with Crippen molar-refractivity contribution in [3.63, 3.8) is 0 Å². The van der Waals surface area contributed by atoms with Gasteiger partial charge in [-0.05, 0) is 25.6 Å². The maximum absolute atomic E-state index is 5.29. The van der Waals surface area contributed by atoms with E-state index in [4.69, 9.17) is 4.42 Å². The third kappa shape index (κ3) is 3.14. The molecule has 0 aliphatic heterocycles. The van der Waals surface area contributed by atoms with Crippen molar-refractivity contribution in [2.24, 2.45) is 0 Å². The number of rotatable bonds is 5. The van der Waals surface area contributed by atoms with Crippen LogP contribution in [0.3, 0.4) is 0 Å². The molecule has 0 bridgehead atoms. The summed E-state index contributed by atoms with van der Waals surface area (Å²) in [5.41, 5.74) is 1.32. The van der Waals surface area contributed by atoms with E-state index in [0.717, 1.165) is 11.5 Å². The van der Waals surface area contributed by atoms with Gasteiger partial charge < -0.3 is 9.73 Å². The van der Waals surface area contributed by atoms with Crippen LogP contribution in [0.25, 0.3) is 0 Å². The molecule has 17 heavy (non-hydrogen) atoms. The zero-order valence-electron chi connectivity index (χ0n) is 10.1. The maximum Gasteiger partial charge on any atom is 0.114 e. The quantitative estimate of drug-likeness (QED) is 0.817. The van der Waals surface area contributed by atoms with Crippen molar-refractivity contribution in [1.82, 2.24) is 5.32 Å². The van der Waals surface area contributed by atoms with Gasteiger partial charge in [0.05, 0.1) is 6.26 Å². The monoisotopic (exact) mass is 247 g/mol. The van der Waals surface area contributed by atoms with Gasteiger partial charge >= 0.3 is 0 Å². The molecule has 2 rings (SSSR count). The fourth-order valence-corrected chi connectivity index (χ4v) is 2.84. The zero-order chi connectivity index (χ0) is 12.1. The van der Waals surface area contributed by atoms with E-state index in [-0.39, 0.29) is 0 Å². The van der Waals surface area contributed by atoms with E-state index in [1.54, 1.807) is 6.26 Å². The topological polar surface area (TPSA) is 25.2 Å². The SMILES string of the molecule is CNC(CSc1ccoc1C)c1ccccc1. The molecule has 2 aromatic rings. The van der Waals surface area contributed by atoms with Crippen LogP contribution < -0.4 is 5.32 Å². The Kier molecular flexibility index (Phi) is 4.29. The molecular weight excluding hydrogens is 230 g/mol. The van der Waals surface area contributed by atoms with Crippen molar-refractivity contribution in [3.8, 4) is 0 Å². The van der Waals surface area contributed by atoms with E-state index in [0.29, 0.717) is 6.04 Å². The summed E-state index contributed by atoms with van der Waals surface area (Å²) < 4.78 is 5.29. The first kappa shape index (κ1) is 12.3. The minimum absolute atomic E-state index is 0.371. The van der Waals surface area contributed by atoms with Crippen LogP contribution in [-0.2, 0) is 0 Å². The van der Waals surface area contributed by atoms with Crippen LogP contribution in [-0.4, -0.2) is 12.8 Å². The van der Waals surface area contributed by atoms with Crippen molar-refractivity contribution in [3.05, 3.63) is 54.0 Å². The average Bonchev–Trinajstić information content (AvgIpc) is 2.77. The highest BCUT2D eigenvalue weighted by Crippen LogP contribution is 2.27. The molecule has 0 amide bonds. The predicted molar refractivity (Wildman–Crippen MR) is 72.4 cm³/mol. The molecule has 3 heteroatoms. The maximum atomic E-state index is 5.29. The second-order valence-electron chi connectivity index (χ2n) is 3.90. The average molecular weight is 247 g/mol. The fraction of sp³-hybridized carbons (Fsp3) is 0.286. The summed E-state index contributed by atoms with van der Waals surface area (Å²) in [4.78, 5) is 1.22. The molecule has 0 fully saturated rings. The third-order valence-corrected chi connectivity index (χ3v) is 4.00. The normalized spacial score (nSPS) is 12.6. The second-order valence-corrected chi connectivity index (χ2v) is 4.97. The Bertz CT molecular complexity index is 452. The van der Waals surface area contributed by atoms with Gasteiger partial charge in [-0.25, -0.2) is 0 Å². The van der Waals surface area contributed by atoms with Gasteiger partial charge in [0.2, 0.25) is 0 Å². The van der Waals surface area contributed by atoms with Gasteiger partial charge in [-0.1, -0.05) is 30.3 Å². The molecule has 1 heterocycles. The summed E-state index contributed by atoms with van der Waals surface area (Å²) in [5.74, 6) is 2.00. The standard InChI is InChI=1S/C14H17NOS/c1-11-14(8-9-16-11)17-10-13(15-2)12-6-4-3-5-7-12/h3-9,13,15H,10H2,1-2H3. The zero-order valence-corrected chi connectivity index (χ0v) is 11.0. The molecular formula is C14H17NOS. The molecule has 1 N–H and O–H groups in total. The first-order valence-corrected chi connectivity index (χ1v) is 6.69. The Balaban J connectivity index is 1.99. The van der Waals surface area contributed by atoms with Crippen molar-refractivity contribution < 1.29 is 4.42 Å². The largest absolute Gasteiger partial charge is 0.468 e. The number of benzene rings is 1. The van der Waals surface area contributed by atoms with Gasteiger partial charge in [0.15, 0.2) is 0 Å². The van der Waals surface area contributed by atoms with E-state index in [9.17, 15) is 0 Å². The van der Waals surface area contributed by atoms with Gasteiger partial charge in [0, 0.05) is 16.7 Å². The summed E-state index contributed by atoms with van der Waals surface area (Å²) in [6.45, 7) is 2.00. The first-order valence-electron chi connectivity index (χ1n) is 5.70. The molecule has 0 aliphatic rings. The van der Waals surface area contributed by atoms with Gasteiger partial charge in [0.25, 0.3) is 0 Å². The minimum atomic E-state index is 0.371. The highest BCUT2D eigenvalue weighted by molar-refractivity contribution is 7.99. The number of aryl methyl sites for hydroxylation is 1. The molecule has 0 saturated heterocycles. The Labute approximate surface area is 106 Å². The van der Waals surface area contributed by atoms with Crippen molar-refractivity contribution in [2.45, 2.75) is 17.9 Å². The highest BCUT2D eigenvalue weighted by Gasteiger charge is 2.10. The number of thioether (sulfide) groups is 1. The Morgan fingerprint density at radius 3 is 2.59 bits per heavy atom. The Morgan fingerprint density at radius 1 is 1.24 bits per heavy atom. The van der Waals surface area contributed by atoms with Crippen molar-refractivity contribution in [1.29, 1.82) is 0 Å². The van der Waals surface area contributed by atoms with Crippen LogP contribution in [0.2, 0.25) is 0 Å². The van der Waals surface area contributed by atoms with E-state index in [1.165, 1.54) is 10.5 Å². The lowest BCUT2D eigenvalue weighted by molar-refractivity contribution is 0.526. The minimum Gasteiger partial charge on any atom is -0.468 e. The van der Waals surface area contributed by atoms with Crippen LogP contribution in [0.5, 0.6) is 0 Å². The van der Waals surface area contributed by atoms with Crippen molar-refractivity contribution >= 4 is 11.8 Å². The van der Waals surface area contributed by atoms with Gasteiger partial charge in [-0.2, -0.15) is 0 Å². The highest BCUT2D eigenvalue weighted by atomic mass is 32.2. The molecule has 0 spiro atoms. The molecule has 1 aromatic heterocycles. The van der Waals surface area contributed by atoms with Crippen LogP contribution in [0.1, 0.15) is 17.4 Å². The lowest BCUT2D eigenvalue weighted by Crippen LogP contribution is -2.18. The molecule has 2 nitrogen and oxygen atoms in total. The van der Waals surface area contributed by atoms with Gasteiger partial charge in [-0.15, -0.1) is 11.8 Å². The van der Waals surface area contributed by atoms with E-state index >= 15 is 0 Å². The molecule has 1 unspecified atom stereocenters. The second kappa shape index (κ2) is 5.94. The van der Waals surface area contributed by atoms with Crippen molar-refractivity contribution in [2.75, 3.05) is 12.8 Å².